The van der Waals surface area contributed by atoms with Crippen molar-refractivity contribution in [3.05, 3.63) is 23.8 Å². The van der Waals surface area contributed by atoms with Crippen LogP contribution in [0.4, 0.5) is 10.5 Å². The molecule has 1 unspecified atom stereocenters. The predicted octanol–water partition coefficient (Wildman–Crippen LogP) is 4.31. The van der Waals surface area contributed by atoms with Crippen molar-refractivity contribution in [2.45, 2.75) is 63.0 Å². The molecular weight excluding hydrogens is 346 g/mol. The number of urea groups is 1. The zero-order valence-corrected chi connectivity index (χ0v) is 16.9. The van der Waals surface area contributed by atoms with Gasteiger partial charge in [-0.15, -0.1) is 11.8 Å². The molecule has 0 spiro atoms. The van der Waals surface area contributed by atoms with E-state index in [0.29, 0.717) is 17.7 Å². The van der Waals surface area contributed by atoms with Gasteiger partial charge in [0.2, 0.25) is 5.91 Å². The van der Waals surface area contributed by atoms with E-state index < -0.39 is 0 Å². The molecule has 2 rings (SSSR count). The minimum atomic E-state index is -0.274. The molecule has 6 heteroatoms. The normalized spacial score (nSPS) is 15.5. The minimum Gasteiger partial charge on any atom is -0.338 e. The molecule has 1 saturated carbocycles. The Bertz CT molecular complexity index is 615. The molecule has 0 radical (unpaired) electrons. The summed E-state index contributed by atoms with van der Waals surface area (Å²) in [6, 6.07) is 5.78. The van der Waals surface area contributed by atoms with Crippen molar-refractivity contribution in [3.8, 4) is 0 Å². The average molecular weight is 378 g/mol. The number of nitrogens with one attached hydrogen (secondary N) is 3. The molecule has 0 bridgehead atoms. The summed E-state index contributed by atoms with van der Waals surface area (Å²) in [6.07, 6.45) is 6.00. The minimum absolute atomic E-state index is 0.0285. The molecule has 1 fully saturated rings. The van der Waals surface area contributed by atoms with Gasteiger partial charge in [0.1, 0.15) is 0 Å². The Balaban J connectivity index is 1.73. The van der Waals surface area contributed by atoms with Gasteiger partial charge in [-0.3, -0.25) is 4.79 Å². The first-order valence-electron chi connectivity index (χ1n) is 9.56. The highest BCUT2D eigenvalue weighted by Gasteiger charge is 2.16. The SMILES string of the molecule is CCC(C)Sc1ccc(NC(=O)CNC(=O)NCC2CCCC2)c(C)c1. The molecule has 3 N–H and O–H groups in total. The number of amides is 3. The molecule has 144 valence electrons. The lowest BCUT2D eigenvalue weighted by molar-refractivity contribution is -0.115. The molecule has 1 aromatic carbocycles. The summed E-state index contributed by atoms with van der Waals surface area (Å²) in [5.41, 5.74) is 1.81. The van der Waals surface area contributed by atoms with E-state index in [0.717, 1.165) is 17.7 Å². The molecule has 0 aromatic heterocycles. The summed E-state index contributed by atoms with van der Waals surface area (Å²) in [5, 5.41) is 8.92. The zero-order chi connectivity index (χ0) is 18.9. The summed E-state index contributed by atoms with van der Waals surface area (Å²) in [6.45, 7) is 7.04. The third kappa shape index (κ3) is 6.90. The summed E-state index contributed by atoms with van der Waals surface area (Å²) in [4.78, 5) is 25.1. The quantitative estimate of drug-likeness (QED) is 0.591. The predicted molar refractivity (Wildman–Crippen MR) is 109 cm³/mol. The van der Waals surface area contributed by atoms with Crippen molar-refractivity contribution < 1.29 is 9.59 Å². The van der Waals surface area contributed by atoms with Gasteiger partial charge in [-0.25, -0.2) is 4.79 Å². The van der Waals surface area contributed by atoms with Crippen LogP contribution in [0.5, 0.6) is 0 Å². The van der Waals surface area contributed by atoms with Crippen LogP contribution in [-0.2, 0) is 4.79 Å². The van der Waals surface area contributed by atoms with E-state index in [1.165, 1.54) is 30.6 Å². The van der Waals surface area contributed by atoms with Crippen LogP contribution < -0.4 is 16.0 Å². The van der Waals surface area contributed by atoms with E-state index in [1.54, 1.807) is 0 Å². The molecule has 5 nitrogen and oxygen atoms in total. The number of hydrogen-bond donors (Lipinski definition) is 3. The van der Waals surface area contributed by atoms with Crippen molar-refractivity contribution >= 4 is 29.4 Å². The van der Waals surface area contributed by atoms with Crippen LogP contribution in [0.2, 0.25) is 0 Å². The van der Waals surface area contributed by atoms with Crippen LogP contribution in [0.1, 0.15) is 51.5 Å². The third-order valence-corrected chi connectivity index (χ3v) is 6.08. The van der Waals surface area contributed by atoms with Crippen molar-refractivity contribution in [1.29, 1.82) is 0 Å². The number of rotatable bonds is 8. The molecule has 0 aliphatic heterocycles. The van der Waals surface area contributed by atoms with Crippen LogP contribution in [0.15, 0.2) is 23.1 Å². The molecule has 0 saturated heterocycles. The first-order valence-corrected chi connectivity index (χ1v) is 10.4. The zero-order valence-electron chi connectivity index (χ0n) is 16.1. The van der Waals surface area contributed by atoms with E-state index in [-0.39, 0.29) is 18.5 Å². The average Bonchev–Trinajstić information content (AvgIpc) is 3.14. The van der Waals surface area contributed by atoms with Gasteiger partial charge in [0.25, 0.3) is 0 Å². The number of anilines is 1. The molecule has 3 amide bonds. The van der Waals surface area contributed by atoms with Crippen molar-refractivity contribution in [2.75, 3.05) is 18.4 Å². The van der Waals surface area contributed by atoms with E-state index in [2.05, 4.69) is 35.9 Å². The van der Waals surface area contributed by atoms with Crippen molar-refractivity contribution in [2.24, 2.45) is 5.92 Å². The van der Waals surface area contributed by atoms with Gasteiger partial charge >= 0.3 is 6.03 Å². The van der Waals surface area contributed by atoms with Gasteiger partial charge in [-0.1, -0.05) is 26.7 Å². The van der Waals surface area contributed by atoms with Gasteiger partial charge in [0.05, 0.1) is 6.54 Å². The Hall–Kier alpha value is -1.69. The number of hydrogen-bond acceptors (Lipinski definition) is 3. The molecule has 1 aliphatic carbocycles. The Kier molecular flexibility index (Phi) is 8.29. The van der Waals surface area contributed by atoms with Gasteiger partial charge in [0, 0.05) is 22.4 Å². The number of aryl methyl sites for hydroxylation is 1. The summed E-state index contributed by atoms with van der Waals surface area (Å²) in [7, 11) is 0. The summed E-state index contributed by atoms with van der Waals surface area (Å²) in [5.74, 6) is 0.371. The number of benzene rings is 1. The number of thioether (sulfide) groups is 1. The molecule has 1 aromatic rings. The lowest BCUT2D eigenvalue weighted by Gasteiger charge is -2.13. The molecule has 0 heterocycles. The Labute approximate surface area is 161 Å². The molecule has 26 heavy (non-hydrogen) atoms. The van der Waals surface area contributed by atoms with E-state index >= 15 is 0 Å². The second-order valence-corrected chi connectivity index (χ2v) is 8.59. The second kappa shape index (κ2) is 10.5. The Morgan fingerprint density at radius 1 is 1.23 bits per heavy atom. The molecule has 1 atom stereocenters. The second-order valence-electron chi connectivity index (χ2n) is 7.08. The highest BCUT2D eigenvalue weighted by atomic mass is 32.2. The number of carbonyl (C=O) groups is 2. The lowest BCUT2D eigenvalue weighted by atomic mass is 10.1. The van der Waals surface area contributed by atoms with Crippen LogP contribution in [-0.4, -0.2) is 30.3 Å². The smallest absolute Gasteiger partial charge is 0.315 e. The Morgan fingerprint density at radius 3 is 2.62 bits per heavy atom. The van der Waals surface area contributed by atoms with Gasteiger partial charge in [0.15, 0.2) is 0 Å². The first-order chi connectivity index (χ1) is 12.5. The third-order valence-electron chi connectivity index (χ3n) is 4.82. The molecule has 1 aliphatic rings. The maximum absolute atomic E-state index is 12.1. The highest BCUT2D eigenvalue weighted by molar-refractivity contribution is 7.99. The standard InChI is InChI=1S/C20H31N3O2S/c1-4-15(3)26-17-9-10-18(14(2)11-17)23-19(24)13-22-20(25)21-12-16-7-5-6-8-16/h9-11,15-16H,4-8,12-13H2,1-3H3,(H,23,24)(H2,21,22,25). The fraction of sp³-hybridized carbons (Fsp3) is 0.600. The maximum atomic E-state index is 12.1. The van der Waals surface area contributed by atoms with Crippen LogP contribution in [0.25, 0.3) is 0 Å². The first kappa shape index (κ1) is 20.6. The highest BCUT2D eigenvalue weighted by Crippen LogP contribution is 2.28. The fourth-order valence-electron chi connectivity index (χ4n) is 3.03. The van der Waals surface area contributed by atoms with Gasteiger partial charge in [-0.05, 0) is 55.9 Å². The summed E-state index contributed by atoms with van der Waals surface area (Å²) >= 11 is 1.84. The van der Waals surface area contributed by atoms with Crippen LogP contribution in [0.3, 0.4) is 0 Å². The summed E-state index contributed by atoms with van der Waals surface area (Å²) < 4.78 is 0. The number of carbonyl (C=O) groups excluding carboxylic acids is 2. The maximum Gasteiger partial charge on any atom is 0.315 e. The van der Waals surface area contributed by atoms with Crippen LogP contribution >= 0.6 is 11.8 Å². The fourth-order valence-corrected chi connectivity index (χ4v) is 4.06. The lowest BCUT2D eigenvalue weighted by Crippen LogP contribution is -2.41. The van der Waals surface area contributed by atoms with E-state index in [9.17, 15) is 9.59 Å². The van der Waals surface area contributed by atoms with Crippen LogP contribution in [0, 0.1) is 12.8 Å². The van der Waals surface area contributed by atoms with Crippen molar-refractivity contribution in [1.82, 2.24) is 10.6 Å². The van der Waals surface area contributed by atoms with Crippen molar-refractivity contribution in [3.63, 3.8) is 0 Å². The Morgan fingerprint density at radius 2 is 1.96 bits per heavy atom. The van der Waals surface area contributed by atoms with Gasteiger partial charge in [-0.2, -0.15) is 0 Å². The van der Waals surface area contributed by atoms with E-state index in [4.69, 9.17) is 0 Å². The topological polar surface area (TPSA) is 70.2 Å². The van der Waals surface area contributed by atoms with Gasteiger partial charge < -0.3 is 16.0 Å². The largest absolute Gasteiger partial charge is 0.338 e. The van der Waals surface area contributed by atoms with E-state index in [1.807, 2.05) is 30.8 Å². The monoisotopic (exact) mass is 377 g/mol. The molecular formula is C20H31N3O2S.